The summed E-state index contributed by atoms with van der Waals surface area (Å²) in [6.45, 7) is 1.97. The Bertz CT molecular complexity index is 1700. The van der Waals surface area contributed by atoms with Crippen LogP contribution in [0.2, 0.25) is 5.15 Å². The lowest BCUT2D eigenvalue weighted by Gasteiger charge is -2.42. The molecule has 5 heterocycles. The van der Waals surface area contributed by atoms with Crippen molar-refractivity contribution in [3.8, 4) is 28.9 Å². The van der Waals surface area contributed by atoms with E-state index in [1.807, 2.05) is 47.4 Å². The molecule has 45 heavy (non-hydrogen) atoms. The number of para-hydroxylation sites is 2. The van der Waals surface area contributed by atoms with Crippen LogP contribution < -0.4 is 29.2 Å². The number of benzene rings is 2. The number of nitrogens with one attached hydrogen (secondary N) is 1. The van der Waals surface area contributed by atoms with Crippen LogP contribution in [0.1, 0.15) is 12.0 Å². The topological polar surface area (TPSA) is 133 Å². The van der Waals surface area contributed by atoms with E-state index >= 15 is 0 Å². The molecule has 1 fully saturated rings. The Morgan fingerprint density at radius 3 is 2.69 bits per heavy atom. The van der Waals surface area contributed by atoms with Gasteiger partial charge in [0, 0.05) is 44.5 Å². The zero-order valence-corrected chi connectivity index (χ0v) is 24.9. The van der Waals surface area contributed by atoms with E-state index < -0.39 is 0 Å². The number of amides is 2. The third-order valence-corrected chi connectivity index (χ3v) is 8.04. The predicted octanol–water partition coefficient (Wildman–Crippen LogP) is 2.65. The summed E-state index contributed by atoms with van der Waals surface area (Å²) in [7, 11) is 0. The van der Waals surface area contributed by atoms with Crippen LogP contribution in [-0.4, -0.2) is 88.0 Å². The summed E-state index contributed by atoms with van der Waals surface area (Å²) in [6.07, 6.45) is 4.91. The summed E-state index contributed by atoms with van der Waals surface area (Å²) in [6, 6.07) is 14.2. The Balaban J connectivity index is 1.06. The number of anilines is 1. The van der Waals surface area contributed by atoms with E-state index in [0.29, 0.717) is 61.0 Å². The van der Waals surface area contributed by atoms with Crippen LogP contribution in [0.25, 0.3) is 5.95 Å². The molecule has 4 aromatic rings. The van der Waals surface area contributed by atoms with Crippen molar-refractivity contribution < 1.29 is 28.5 Å². The van der Waals surface area contributed by atoms with Crippen LogP contribution in [0, 0.1) is 0 Å². The summed E-state index contributed by atoms with van der Waals surface area (Å²) in [5.41, 5.74) is 0.824. The van der Waals surface area contributed by atoms with Gasteiger partial charge < -0.3 is 34.1 Å². The number of piperazine rings is 1. The van der Waals surface area contributed by atoms with E-state index in [2.05, 4.69) is 15.3 Å². The third kappa shape index (κ3) is 6.43. The first kappa shape index (κ1) is 28.7. The maximum atomic E-state index is 13.5. The molecule has 3 aliphatic heterocycles. The molecule has 7 rings (SSSR count). The van der Waals surface area contributed by atoms with E-state index in [0.717, 1.165) is 5.56 Å². The summed E-state index contributed by atoms with van der Waals surface area (Å²) in [4.78, 5) is 43.7. The molecule has 2 aromatic heterocycles. The fraction of sp³-hybridized carbons (Fsp3) is 0.323. The maximum absolute atomic E-state index is 13.5. The SMILES string of the molecule is O=C(CC1CN(C(=O)Cc2ccc3c(c2)OCO3)CCN1c1cc(Cl)nc(-n2ccnc2)n1)NCC1COc2ccccc2O1. The van der Waals surface area contributed by atoms with Crippen molar-refractivity contribution in [1.82, 2.24) is 29.7 Å². The Hall–Kier alpha value is -5.04. The first-order valence-electron chi connectivity index (χ1n) is 14.6. The van der Waals surface area contributed by atoms with Crippen LogP contribution in [0.4, 0.5) is 5.82 Å². The molecule has 0 radical (unpaired) electrons. The molecular formula is C31H30ClN7O6. The molecule has 0 bridgehead atoms. The van der Waals surface area contributed by atoms with Gasteiger partial charge in [-0.05, 0) is 29.8 Å². The second-order valence-corrected chi connectivity index (χ2v) is 11.3. The van der Waals surface area contributed by atoms with Gasteiger partial charge in [0.05, 0.1) is 19.0 Å². The Labute approximate surface area is 263 Å². The molecule has 13 nitrogen and oxygen atoms in total. The Morgan fingerprint density at radius 2 is 1.82 bits per heavy atom. The monoisotopic (exact) mass is 631 g/mol. The van der Waals surface area contributed by atoms with Gasteiger partial charge in [-0.25, -0.2) is 9.97 Å². The standard InChI is InChI=1S/C31H30ClN7O6/c32-27-14-28(36-31(35-27)38-8-7-33-18-38)39-10-9-37(30(41)12-20-5-6-24-26(11-20)44-19-43-24)16-21(39)13-29(40)34-15-22-17-42-23-3-1-2-4-25(23)45-22/h1-8,11,14,18,21-22H,9-10,12-13,15-17,19H2,(H,34,40). The Morgan fingerprint density at radius 1 is 0.978 bits per heavy atom. The van der Waals surface area contributed by atoms with Gasteiger partial charge in [0.25, 0.3) is 0 Å². The van der Waals surface area contributed by atoms with Crippen LogP contribution in [0.5, 0.6) is 23.0 Å². The number of carbonyl (C=O) groups is 2. The quantitative estimate of drug-likeness (QED) is 0.289. The predicted molar refractivity (Wildman–Crippen MR) is 162 cm³/mol. The number of rotatable bonds is 8. The van der Waals surface area contributed by atoms with E-state index in [9.17, 15) is 9.59 Å². The van der Waals surface area contributed by atoms with Crippen LogP contribution in [-0.2, 0) is 16.0 Å². The second-order valence-electron chi connectivity index (χ2n) is 10.9. The number of nitrogens with zero attached hydrogens (tertiary/aromatic N) is 6. The number of imidazole rings is 1. The van der Waals surface area contributed by atoms with Gasteiger partial charge in [0.2, 0.25) is 24.6 Å². The number of carbonyl (C=O) groups excluding carboxylic acids is 2. The first-order chi connectivity index (χ1) is 22.0. The van der Waals surface area contributed by atoms with Gasteiger partial charge >= 0.3 is 0 Å². The fourth-order valence-corrected chi connectivity index (χ4v) is 5.78. The van der Waals surface area contributed by atoms with Crippen LogP contribution >= 0.6 is 11.6 Å². The van der Waals surface area contributed by atoms with E-state index in [1.54, 1.807) is 34.3 Å². The molecule has 1 saturated heterocycles. The van der Waals surface area contributed by atoms with Gasteiger partial charge in [-0.1, -0.05) is 29.8 Å². The molecule has 232 valence electrons. The Kier molecular flexibility index (Phi) is 7.99. The number of ether oxygens (including phenoxy) is 4. The molecule has 0 aliphatic carbocycles. The summed E-state index contributed by atoms with van der Waals surface area (Å²) in [5.74, 6) is 3.30. The van der Waals surface area contributed by atoms with Gasteiger partial charge in [0.15, 0.2) is 23.0 Å². The lowest BCUT2D eigenvalue weighted by Crippen LogP contribution is -2.57. The largest absolute Gasteiger partial charge is 0.486 e. The van der Waals surface area contributed by atoms with Gasteiger partial charge in [-0.2, -0.15) is 4.98 Å². The molecule has 3 aliphatic rings. The third-order valence-electron chi connectivity index (χ3n) is 7.84. The smallest absolute Gasteiger partial charge is 0.238 e. The molecule has 2 aromatic carbocycles. The lowest BCUT2D eigenvalue weighted by molar-refractivity contribution is -0.132. The summed E-state index contributed by atoms with van der Waals surface area (Å²) < 4.78 is 24.3. The number of hydrogen-bond acceptors (Lipinski definition) is 10. The van der Waals surface area contributed by atoms with E-state index in [-0.39, 0.29) is 55.3 Å². The van der Waals surface area contributed by atoms with Crippen molar-refractivity contribution >= 4 is 29.2 Å². The zero-order valence-electron chi connectivity index (χ0n) is 24.2. The van der Waals surface area contributed by atoms with E-state index in [4.69, 9.17) is 35.5 Å². The zero-order chi connectivity index (χ0) is 30.8. The van der Waals surface area contributed by atoms with Crippen molar-refractivity contribution in [2.75, 3.05) is 44.5 Å². The molecule has 0 spiro atoms. The average Bonchev–Trinajstić information content (AvgIpc) is 3.76. The molecule has 14 heteroatoms. The van der Waals surface area contributed by atoms with Crippen LogP contribution in [0.3, 0.4) is 0 Å². The van der Waals surface area contributed by atoms with Crippen molar-refractivity contribution in [1.29, 1.82) is 0 Å². The normalized spacial score (nSPS) is 18.5. The maximum Gasteiger partial charge on any atom is 0.238 e. The lowest BCUT2D eigenvalue weighted by atomic mass is 10.1. The number of hydrogen-bond donors (Lipinski definition) is 1. The molecule has 0 saturated carbocycles. The van der Waals surface area contributed by atoms with Crippen LogP contribution in [0.15, 0.2) is 67.3 Å². The minimum atomic E-state index is -0.384. The van der Waals surface area contributed by atoms with Gasteiger partial charge in [-0.3, -0.25) is 14.2 Å². The van der Waals surface area contributed by atoms with Gasteiger partial charge in [0.1, 0.15) is 30.0 Å². The van der Waals surface area contributed by atoms with E-state index in [1.165, 1.54) is 0 Å². The summed E-state index contributed by atoms with van der Waals surface area (Å²) >= 11 is 6.42. The van der Waals surface area contributed by atoms with Crippen molar-refractivity contribution in [2.24, 2.45) is 0 Å². The number of aromatic nitrogens is 4. The molecule has 2 atom stereocenters. The van der Waals surface area contributed by atoms with Gasteiger partial charge in [-0.15, -0.1) is 0 Å². The highest BCUT2D eigenvalue weighted by molar-refractivity contribution is 6.29. The summed E-state index contributed by atoms with van der Waals surface area (Å²) in [5, 5.41) is 3.24. The average molecular weight is 632 g/mol. The molecule has 2 amide bonds. The number of halogens is 1. The highest BCUT2D eigenvalue weighted by Gasteiger charge is 2.33. The number of fused-ring (bicyclic) bond motifs is 2. The van der Waals surface area contributed by atoms with Crippen molar-refractivity contribution in [3.63, 3.8) is 0 Å². The fourth-order valence-electron chi connectivity index (χ4n) is 5.61. The highest BCUT2D eigenvalue weighted by Crippen LogP contribution is 2.33. The molecule has 2 unspecified atom stereocenters. The minimum Gasteiger partial charge on any atom is -0.486 e. The second kappa shape index (κ2) is 12.5. The minimum absolute atomic E-state index is 0.0508. The van der Waals surface area contributed by atoms with Crippen molar-refractivity contribution in [3.05, 3.63) is 78.0 Å². The molecular weight excluding hydrogens is 602 g/mol. The van der Waals surface area contributed by atoms with Crippen molar-refractivity contribution in [2.45, 2.75) is 25.0 Å². The highest BCUT2D eigenvalue weighted by atomic mass is 35.5. The molecule has 1 N–H and O–H groups in total. The first-order valence-corrected chi connectivity index (χ1v) is 15.0.